The lowest BCUT2D eigenvalue weighted by molar-refractivity contribution is -0.121. The van der Waals surface area contributed by atoms with Gasteiger partial charge in [0.2, 0.25) is 5.91 Å². The van der Waals surface area contributed by atoms with Crippen LogP contribution in [0.5, 0.6) is 0 Å². The van der Waals surface area contributed by atoms with E-state index < -0.39 is 0 Å². The summed E-state index contributed by atoms with van der Waals surface area (Å²) in [4.78, 5) is 16.6. The number of amides is 1. The number of nitrogens with one attached hydrogen (secondary N) is 2. The Morgan fingerprint density at radius 3 is 2.50 bits per heavy atom. The van der Waals surface area contributed by atoms with Crippen molar-refractivity contribution < 1.29 is 4.79 Å². The van der Waals surface area contributed by atoms with E-state index in [2.05, 4.69) is 50.5 Å². The Kier molecular flexibility index (Phi) is 9.63. The van der Waals surface area contributed by atoms with Gasteiger partial charge >= 0.3 is 0 Å². The van der Waals surface area contributed by atoms with Gasteiger partial charge in [-0.3, -0.25) is 4.79 Å². The molecule has 0 aliphatic carbocycles. The Balaban J connectivity index is 0.00000160. The van der Waals surface area contributed by atoms with Crippen LogP contribution in [-0.2, 0) is 17.9 Å². The molecule has 162 valence electrons. The number of aromatic nitrogens is 2. The lowest BCUT2D eigenvalue weighted by atomic mass is 9.93. The van der Waals surface area contributed by atoms with Crippen LogP contribution in [0.15, 0.2) is 54.9 Å². The third kappa shape index (κ3) is 6.46. The van der Waals surface area contributed by atoms with Gasteiger partial charge in [0.05, 0.1) is 17.4 Å². The van der Waals surface area contributed by atoms with Gasteiger partial charge in [-0.05, 0) is 61.5 Å². The number of hydrogen-bond donors (Lipinski definition) is 2. The fraction of sp³-hybridized carbons (Fsp3) is 0.391. The average Bonchev–Trinajstić information content (AvgIpc) is 3.15. The standard InChI is InChI=1S/C23H28N4O.2ClH/c28-23(10-9-18-11-13-24-14-12-18)25-15-19-5-7-20(8-6-19)16-27-17-26-21-3-1-2-4-22(21)27;;/h1-8,17-18,24H,9-16H2,(H,25,28);2*1H. The molecule has 2 N–H and O–H groups in total. The number of benzene rings is 2. The van der Waals surface area contributed by atoms with E-state index in [-0.39, 0.29) is 30.7 Å². The molecule has 4 rings (SSSR count). The second-order valence-corrected chi connectivity index (χ2v) is 7.69. The molecule has 30 heavy (non-hydrogen) atoms. The third-order valence-corrected chi connectivity index (χ3v) is 5.63. The number of halogens is 2. The fourth-order valence-electron chi connectivity index (χ4n) is 3.89. The molecule has 2 aromatic carbocycles. The number of carbonyl (C=O) groups excluding carboxylic acids is 1. The van der Waals surface area contributed by atoms with Crippen LogP contribution >= 0.6 is 24.8 Å². The van der Waals surface area contributed by atoms with E-state index in [1.807, 2.05) is 24.5 Å². The zero-order valence-corrected chi connectivity index (χ0v) is 18.7. The minimum absolute atomic E-state index is 0. The monoisotopic (exact) mass is 448 g/mol. The van der Waals surface area contributed by atoms with Crippen LogP contribution in [0.1, 0.15) is 36.8 Å². The van der Waals surface area contributed by atoms with Crippen molar-refractivity contribution in [2.75, 3.05) is 13.1 Å². The predicted molar refractivity (Wildman–Crippen MR) is 126 cm³/mol. The molecule has 1 saturated heterocycles. The van der Waals surface area contributed by atoms with Crippen molar-refractivity contribution in [3.8, 4) is 0 Å². The molecule has 0 saturated carbocycles. The molecule has 2 heterocycles. The average molecular weight is 449 g/mol. The van der Waals surface area contributed by atoms with Gasteiger partial charge in [-0.25, -0.2) is 4.98 Å². The first-order chi connectivity index (χ1) is 13.8. The summed E-state index contributed by atoms with van der Waals surface area (Å²) in [6.07, 6.45) is 5.92. The smallest absolute Gasteiger partial charge is 0.220 e. The van der Waals surface area contributed by atoms with Crippen LogP contribution in [0.25, 0.3) is 11.0 Å². The van der Waals surface area contributed by atoms with Gasteiger partial charge < -0.3 is 15.2 Å². The summed E-state index contributed by atoms with van der Waals surface area (Å²) >= 11 is 0. The van der Waals surface area contributed by atoms with E-state index >= 15 is 0 Å². The van der Waals surface area contributed by atoms with Crippen molar-refractivity contribution in [2.45, 2.75) is 38.8 Å². The molecule has 7 heteroatoms. The molecule has 1 aliphatic heterocycles. The van der Waals surface area contributed by atoms with Crippen LogP contribution < -0.4 is 10.6 Å². The quantitative estimate of drug-likeness (QED) is 0.565. The number of hydrogen-bond acceptors (Lipinski definition) is 3. The van der Waals surface area contributed by atoms with Crippen LogP contribution in [0.4, 0.5) is 0 Å². The first kappa shape index (κ1) is 24.2. The van der Waals surface area contributed by atoms with Crippen molar-refractivity contribution >= 4 is 41.8 Å². The molecule has 1 aliphatic rings. The van der Waals surface area contributed by atoms with E-state index in [4.69, 9.17) is 0 Å². The number of para-hydroxylation sites is 2. The first-order valence-corrected chi connectivity index (χ1v) is 10.2. The Morgan fingerprint density at radius 1 is 1.03 bits per heavy atom. The van der Waals surface area contributed by atoms with E-state index in [0.717, 1.165) is 42.7 Å². The van der Waals surface area contributed by atoms with Gasteiger partial charge in [0.15, 0.2) is 0 Å². The first-order valence-electron chi connectivity index (χ1n) is 10.2. The van der Waals surface area contributed by atoms with Gasteiger partial charge in [0, 0.05) is 19.5 Å². The second kappa shape index (κ2) is 11.9. The molecule has 0 spiro atoms. The molecular formula is C23H30Cl2N4O. The van der Waals surface area contributed by atoms with Crippen molar-refractivity contribution in [1.82, 2.24) is 20.2 Å². The van der Waals surface area contributed by atoms with Crippen LogP contribution in [0.2, 0.25) is 0 Å². The van der Waals surface area contributed by atoms with Gasteiger partial charge in [-0.15, -0.1) is 24.8 Å². The Labute approximate surface area is 190 Å². The zero-order valence-electron chi connectivity index (χ0n) is 17.0. The molecule has 0 unspecified atom stereocenters. The highest BCUT2D eigenvalue weighted by atomic mass is 35.5. The van der Waals surface area contributed by atoms with Crippen molar-refractivity contribution in [3.63, 3.8) is 0 Å². The number of rotatable bonds is 7. The summed E-state index contributed by atoms with van der Waals surface area (Å²) in [6, 6.07) is 16.6. The van der Waals surface area contributed by atoms with Crippen LogP contribution in [0.3, 0.4) is 0 Å². The maximum atomic E-state index is 12.1. The molecule has 1 amide bonds. The van der Waals surface area contributed by atoms with Crippen molar-refractivity contribution in [1.29, 1.82) is 0 Å². The highest BCUT2D eigenvalue weighted by Crippen LogP contribution is 2.18. The molecule has 0 radical (unpaired) electrons. The molecule has 5 nitrogen and oxygen atoms in total. The highest BCUT2D eigenvalue weighted by molar-refractivity contribution is 5.85. The normalized spacial score (nSPS) is 14.0. The van der Waals surface area contributed by atoms with Crippen LogP contribution in [0, 0.1) is 5.92 Å². The zero-order chi connectivity index (χ0) is 19.2. The number of fused-ring (bicyclic) bond motifs is 1. The van der Waals surface area contributed by atoms with Gasteiger partial charge in [0.1, 0.15) is 0 Å². The Bertz CT molecular complexity index is 920. The second-order valence-electron chi connectivity index (χ2n) is 7.69. The molecule has 1 aromatic heterocycles. The predicted octanol–water partition coefficient (Wildman–Crippen LogP) is 4.32. The van der Waals surface area contributed by atoms with Gasteiger partial charge in [-0.2, -0.15) is 0 Å². The number of piperidine rings is 1. The Morgan fingerprint density at radius 2 is 1.73 bits per heavy atom. The summed E-state index contributed by atoms with van der Waals surface area (Å²) < 4.78 is 2.16. The van der Waals surface area contributed by atoms with E-state index in [0.29, 0.717) is 18.9 Å². The summed E-state index contributed by atoms with van der Waals surface area (Å²) in [5.41, 5.74) is 4.53. The molecule has 0 atom stereocenters. The maximum absolute atomic E-state index is 12.1. The molecule has 0 bridgehead atoms. The maximum Gasteiger partial charge on any atom is 0.220 e. The van der Waals surface area contributed by atoms with Gasteiger partial charge in [-0.1, -0.05) is 36.4 Å². The number of carbonyl (C=O) groups is 1. The topological polar surface area (TPSA) is 59.0 Å². The van der Waals surface area contributed by atoms with E-state index in [1.165, 1.54) is 18.4 Å². The summed E-state index contributed by atoms with van der Waals surface area (Å²) in [5, 5.41) is 6.43. The summed E-state index contributed by atoms with van der Waals surface area (Å²) in [6.45, 7) is 3.57. The van der Waals surface area contributed by atoms with E-state index in [9.17, 15) is 4.79 Å². The van der Waals surface area contributed by atoms with E-state index in [1.54, 1.807) is 0 Å². The molecule has 3 aromatic rings. The summed E-state index contributed by atoms with van der Waals surface area (Å²) in [5.74, 6) is 0.859. The highest BCUT2D eigenvalue weighted by Gasteiger charge is 2.14. The van der Waals surface area contributed by atoms with Crippen molar-refractivity contribution in [3.05, 3.63) is 66.0 Å². The minimum atomic E-state index is 0. The molecule has 1 fully saturated rings. The lowest BCUT2D eigenvalue weighted by Gasteiger charge is -2.22. The lowest BCUT2D eigenvalue weighted by Crippen LogP contribution is -2.29. The largest absolute Gasteiger partial charge is 0.352 e. The van der Waals surface area contributed by atoms with Crippen molar-refractivity contribution in [2.24, 2.45) is 5.92 Å². The van der Waals surface area contributed by atoms with Gasteiger partial charge in [0.25, 0.3) is 0 Å². The Hall–Kier alpha value is -2.08. The van der Waals surface area contributed by atoms with Crippen LogP contribution in [-0.4, -0.2) is 28.5 Å². The SMILES string of the molecule is Cl.Cl.O=C(CCC1CCNCC1)NCc1ccc(Cn2cnc3ccccc32)cc1. The minimum Gasteiger partial charge on any atom is -0.352 e. The number of imidazole rings is 1. The third-order valence-electron chi connectivity index (χ3n) is 5.63. The fourth-order valence-corrected chi connectivity index (χ4v) is 3.89. The number of nitrogens with zero attached hydrogens (tertiary/aromatic N) is 2. The molecular weight excluding hydrogens is 419 g/mol. The summed E-state index contributed by atoms with van der Waals surface area (Å²) in [7, 11) is 0.